The van der Waals surface area contributed by atoms with Crippen LogP contribution in [0.5, 0.6) is 5.75 Å². The number of para-hydroxylation sites is 2. The highest BCUT2D eigenvalue weighted by atomic mass is 16.5. The second-order valence-corrected chi connectivity index (χ2v) is 5.12. The molecule has 1 aliphatic rings. The van der Waals surface area contributed by atoms with Gasteiger partial charge in [0.05, 0.1) is 18.9 Å². The van der Waals surface area contributed by atoms with Crippen LogP contribution in [0.25, 0.3) is 0 Å². The second kappa shape index (κ2) is 5.30. The first-order chi connectivity index (χ1) is 8.69. The van der Waals surface area contributed by atoms with E-state index in [1.165, 1.54) is 12.8 Å². The molecule has 0 aliphatic heterocycles. The molecule has 96 valence electrons. The van der Waals surface area contributed by atoms with Gasteiger partial charge in [-0.25, -0.2) is 0 Å². The number of rotatable bonds is 4. The van der Waals surface area contributed by atoms with Gasteiger partial charge in [-0.15, -0.1) is 0 Å². The van der Waals surface area contributed by atoms with E-state index in [4.69, 9.17) is 4.74 Å². The minimum atomic E-state index is -0.509. The van der Waals surface area contributed by atoms with E-state index in [0.717, 1.165) is 24.3 Å². The van der Waals surface area contributed by atoms with Crippen LogP contribution in [0.2, 0.25) is 0 Å². The van der Waals surface area contributed by atoms with Gasteiger partial charge >= 0.3 is 0 Å². The molecule has 3 heteroatoms. The molecule has 0 saturated heterocycles. The molecule has 1 aromatic carbocycles. The van der Waals surface area contributed by atoms with Crippen LogP contribution < -0.4 is 10.1 Å². The summed E-state index contributed by atoms with van der Waals surface area (Å²) in [5, 5.41) is 12.9. The van der Waals surface area contributed by atoms with Gasteiger partial charge in [-0.05, 0) is 37.8 Å². The number of nitrogens with zero attached hydrogens (tertiary/aromatic N) is 1. The Hall–Kier alpha value is -1.69. The summed E-state index contributed by atoms with van der Waals surface area (Å²) in [6.45, 7) is 2.00. The van der Waals surface area contributed by atoms with Crippen molar-refractivity contribution in [2.75, 3.05) is 12.4 Å². The highest BCUT2D eigenvalue weighted by Gasteiger charge is 2.36. The van der Waals surface area contributed by atoms with Gasteiger partial charge in [-0.1, -0.05) is 25.0 Å². The highest BCUT2D eigenvalue weighted by molar-refractivity contribution is 5.58. The fourth-order valence-electron chi connectivity index (χ4n) is 2.75. The van der Waals surface area contributed by atoms with Crippen LogP contribution in [0.3, 0.4) is 0 Å². The number of ether oxygens (including phenoxy) is 1. The number of anilines is 1. The van der Waals surface area contributed by atoms with E-state index in [-0.39, 0.29) is 0 Å². The Morgan fingerprint density at radius 1 is 1.33 bits per heavy atom. The number of nitrogens with one attached hydrogen (secondary N) is 1. The largest absolute Gasteiger partial charge is 0.495 e. The SMILES string of the molecule is COc1ccccc1NC(C)(C#N)C1CCCC1. The second-order valence-electron chi connectivity index (χ2n) is 5.12. The van der Waals surface area contributed by atoms with Gasteiger partial charge in [0.2, 0.25) is 0 Å². The van der Waals surface area contributed by atoms with Crippen molar-refractivity contribution in [2.45, 2.75) is 38.1 Å². The van der Waals surface area contributed by atoms with Gasteiger partial charge in [-0.3, -0.25) is 0 Å². The highest BCUT2D eigenvalue weighted by Crippen LogP contribution is 2.37. The van der Waals surface area contributed by atoms with Gasteiger partial charge in [0, 0.05) is 0 Å². The maximum absolute atomic E-state index is 9.52. The Balaban J connectivity index is 2.22. The van der Waals surface area contributed by atoms with Crippen LogP contribution in [0.15, 0.2) is 24.3 Å². The first-order valence-electron chi connectivity index (χ1n) is 6.52. The lowest BCUT2D eigenvalue weighted by Gasteiger charge is -2.31. The van der Waals surface area contributed by atoms with Crippen LogP contribution in [0.1, 0.15) is 32.6 Å². The quantitative estimate of drug-likeness (QED) is 0.880. The average molecular weight is 244 g/mol. The maximum Gasteiger partial charge on any atom is 0.141 e. The fraction of sp³-hybridized carbons (Fsp3) is 0.533. The lowest BCUT2D eigenvalue weighted by atomic mass is 9.85. The summed E-state index contributed by atoms with van der Waals surface area (Å²) in [5.41, 5.74) is 0.390. The molecule has 0 bridgehead atoms. The molecular formula is C15H20N2O. The van der Waals surface area contributed by atoms with Crippen molar-refractivity contribution in [3.63, 3.8) is 0 Å². The predicted molar refractivity (Wildman–Crippen MR) is 72.6 cm³/mol. The Morgan fingerprint density at radius 2 is 2.00 bits per heavy atom. The van der Waals surface area contributed by atoms with E-state index in [9.17, 15) is 5.26 Å². The molecule has 1 N–H and O–H groups in total. The van der Waals surface area contributed by atoms with Crippen LogP contribution in [-0.2, 0) is 0 Å². The average Bonchev–Trinajstić information content (AvgIpc) is 2.94. The van der Waals surface area contributed by atoms with Crippen molar-refractivity contribution in [2.24, 2.45) is 5.92 Å². The minimum Gasteiger partial charge on any atom is -0.495 e. The summed E-state index contributed by atoms with van der Waals surface area (Å²) in [5.74, 6) is 1.21. The molecule has 1 saturated carbocycles. The zero-order chi connectivity index (χ0) is 13.0. The van der Waals surface area contributed by atoms with Gasteiger partial charge in [-0.2, -0.15) is 5.26 Å². The third-order valence-corrected chi connectivity index (χ3v) is 3.91. The summed E-state index contributed by atoms with van der Waals surface area (Å²) in [6, 6.07) is 10.2. The standard InChI is InChI=1S/C15H20N2O/c1-15(11-16,12-7-3-4-8-12)17-13-9-5-6-10-14(13)18-2/h5-6,9-10,12,17H,3-4,7-8H2,1-2H3. The summed E-state index contributed by atoms with van der Waals surface area (Å²) < 4.78 is 5.33. The third-order valence-electron chi connectivity index (χ3n) is 3.91. The maximum atomic E-state index is 9.52. The van der Waals surface area contributed by atoms with Crippen molar-refractivity contribution < 1.29 is 4.74 Å². The fourth-order valence-corrected chi connectivity index (χ4v) is 2.75. The molecule has 0 aromatic heterocycles. The Morgan fingerprint density at radius 3 is 2.61 bits per heavy atom. The number of nitriles is 1. The molecule has 1 aliphatic carbocycles. The lowest BCUT2D eigenvalue weighted by molar-refractivity contribution is 0.393. The molecule has 1 atom stereocenters. The van der Waals surface area contributed by atoms with E-state index >= 15 is 0 Å². The molecule has 0 radical (unpaired) electrons. The first-order valence-corrected chi connectivity index (χ1v) is 6.52. The normalized spacial score (nSPS) is 18.9. The van der Waals surface area contributed by atoms with Crippen molar-refractivity contribution in [3.05, 3.63) is 24.3 Å². The van der Waals surface area contributed by atoms with Crippen molar-refractivity contribution in [3.8, 4) is 11.8 Å². The smallest absolute Gasteiger partial charge is 0.141 e. The van der Waals surface area contributed by atoms with Crippen LogP contribution in [0.4, 0.5) is 5.69 Å². The molecular weight excluding hydrogens is 224 g/mol. The lowest BCUT2D eigenvalue weighted by Crippen LogP contribution is -2.40. The molecule has 1 fully saturated rings. The van der Waals surface area contributed by atoms with E-state index in [2.05, 4.69) is 11.4 Å². The summed E-state index contributed by atoms with van der Waals surface area (Å²) >= 11 is 0. The Bertz CT molecular complexity index is 446. The molecule has 0 spiro atoms. The van der Waals surface area contributed by atoms with E-state index < -0.39 is 5.54 Å². The minimum absolute atomic E-state index is 0.424. The predicted octanol–water partition coefficient (Wildman–Crippen LogP) is 3.58. The van der Waals surface area contributed by atoms with Crippen LogP contribution in [0, 0.1) is 17.2 Å². The molecule has 1 aromatic rings. The van der Waals surface area contributed by atoms with Gasteiger partial charge in [0.1, 0.15) is 11.3 Å². The van der Waals surface area contributed by atoms with Gasteiger partial charge < -0.3 is 10.1 Å². The zero-order valence-corrected chi connectivity index (χ0v) is 11.1. The topological polar surface area (TPSA) is 45.0 Å². The van der Waals surface area contributed by atoms with Crippen molar-refractivity contribution in [1.82, 2.24) is 0 Å². The molecule has 0 heterocycles. The number of benzene rings is 1. The Kier molecular flexibility index (Phi) is 3.76. The Labute approximate surface area is 109 Å². The molecule has 0 amide bonds. The molecule has 18 heavy (non-hydrogen) atoms. The van der Waals surface area contributed by atoms with E-state index in [1.807, 2.05) is 31.2 Å². The van der Waals surface area contributed by atoms with E-state index in [0.29, 0.717) is 5.92 Å². The van der Waals surface area contributed by atoms with Crippen LogP contribution >= 0.6 is 0 Å². The van der Waals surface area contributed by atoms with Crippen molar-refractivity contribution >= 4 is 5.69 Å². The summed E-state index contributed by atoms with van der Waals surface area (Å²) in [7, 11) is 1.65. The third kappa shape index (κ3) is 2.43. The molecule has 3 nitrogen and oxygen atoms in total. The number of methoxy groups -OCH3 is 1. The van der Waals surface area contributed by atoms with Crippen LogP contribution in [-0.4, -0.2) is 12.6 Å². The van der Waals surface area contributed by atoms with Crippen molar-refractivity contribution in [1.29, 1.82) is 5.26 Å². The monoisotopic (exact) mass is 244 g/mol. The summed E-state index contributed by atoms with van der Waals surface area (Å²) in [6.07, 6.45) is 4.73. The molecule has 1 unspecified atom stereocenters. The number of hydrogen-bond donors (Lipinski definition) is 1. The number of hydrogen-bond acceptors (Lipinski definition) is 3. The van der Waals surface area contributed by atoms with E-state index in [1.54, 1.807) is 7.11 Å². The first kappa shape index (κ1) is 12.8. The zero-order valence-electron chi connectivity index (χ0n) is 11.1. The van der Waals surface area contributed by atoms with Gasteiger partial charge in [0.15, 0.2) is 0 Å². The van der Waals surface area contributed by atoms with Gasteiger partial charge in [0.25, 0.3) is 0 Å². The summed E-state index contributed by atoms with van der Waals surface area (Å²) in [4.78, 5) is 0. The molecule has 2 rings (SSSR count).